The van der Waals surface area contributed by atoms with E-state index in [1.807, 2.05) is 6.07 Å². The number of benzene rings is 1. The van der Waals surface area contributed by atoms with E-state index in [9.17, 15) is 4.39 Å². The van der Waals surface area contributed by atoms with Gasteiger partial charge in [0.1, 0.15) is 5.82 Å². The number of hydrogen-bond acceptors (Lipinski definition) is 2. The van der Waals surface area contributed by atoms with Crippen molar-refractivity contribution < 1.29 is 4.39 Å². The molecule has 0 aromatic heterocycles. The van der Waals surface area contributed by atoms with Crippen LogP contribution >= 0.6 is 15.9 Å². The smallest absolute Gasteiger partial charge is 0.137 e. The van der Waals surface area contributed by atoms with Crippen molar-refractivity contribution in [1.29, 1.82) is 0 Å². The van der Waals surface area contributed by atoms with E-state index in [4.69, 9.17) is 5.84 Å². The van der Waals surface area contributed by atoms with E-state index in [2.05, 4.69) is 28.3 Å². The minimum atomic E-state index is -0.242. The molecule has 1 aromatic carbocycles. The van der Waals surface area contributed by atoms with Gasteiger partial charge in [0.15, 0.2) is 0 Å². The van der Waals surface area contributed by atoms with Crippen LogP contribution in [-0.2, 0) is 0 Å². The molecular weight excluding hydrogens is 271 g/mol. The molecule has 0 fully saturated rings. The van der Waals surface area contributed by atoms with Crippen molar-refractivity contribution in [2.24, 2.45) is 5.84 Å². The summed E-state index contributed by atoms with van der Waals surface area (Å²) in [5.41, 5.74) is 3.64. The van der Waals surface area contributed by atoms with E-state index in [0.717, 1.165) is 18.4 Å². The predicted molar refractivity (Wildman–Crippen MR) is 68.3 cm³/mol. The van der Waals surface area contributed by atoms with Crippen molar-refractivity contribution in [2.75, 3.05) is 0 Å². The van der Waals surface area contributed by atoms with Gasteiger partial charge in [-0.3, -0.25) is 11.3 Å². The number of hydrazine groups is 1. The van der Waals surface area contributed by atoms with Crippen LogP contribution in [-0.4, -0.2) is 0 Å². The Hall–Kier alpha value is -0.450. The molecule has 0 aliphatic rings. The monoisotopic (exact) mass is 288 g/mol. The van der Waals surface area contributed by atoms with E-state index in [1.165, 1.54) is 18.9 Å². The number of nitrogens with two attached hydrogens (primary N) is 1. The summed E-state index contributed by atoms with van der Waals surface area (Å²) in [6, 6.07) is 5.05. The van der Waals surface area contributed by atoms with Crippen molar-refractivity contribution in [1.82, 2.24) is 5.43 Å². The number of nitrogens with one attached hydrogen (secondary N) is 1. The minimum Gasteiger partial charge on any atom is -0.271 e. The van der Waals surface area contributed by atoms with Gasteiger partial charge < -0.3 is 0 Å². The summed E-state index contributed by atoms with van der Waals surface area (Å²) in [6.07, 6.45) is 4.35. The van der Waals surface area contributed by atoms with Gasteiger partial charge in [0, 0.05) is 6.04 Å². The van der Waals surface area contributed by atoms with Gasteiger partial charge in [0.05, 0.1) is 4.47 Å². The average molecular weight is 289 g/mol. The van der Waals surface area contributed by atoms with Gasteiger partial charge in [-0.1, -0.05) is 38.3 Å². The second-order valence-electron chi connectivity index (χ2n) is 3.86. The third-order valence-electron chi connectivity index (χ3n) is 2.65. The first-order valence-electron chi connectivity index (χ1n) is 5.60. The highest BCUT2D eigenvalue weighted by molar-refractivity contribution is 9.10. The Balaban J connectivity index is 2.74. The number of hydrogen-bond donors (Lipinski definition) is 2. The van der Waals surface area contributed by atoms with Crippen LogP contribution in [0, 0.1) is 5.82 Å². The molecule has 1 rings (SSSR count). The topological polar surface area (TPSA) is 38.0 Å². The average Bonchev–Trinajstić information content (AvgIpc) is 2.29. The summed E-state index contributed by atoms with van der Waals surface area (Å²) in [6.45, 7) is 2.16. The zero-order valence-electron chi connectivity index (χ0n) is 9.47. The van der Waals surface area contributed by atoms with Gasteiger partial charge in [0.25, 0.3) is 0 Å². The molecule has 90 valence electrons. The van der Waals surface area contributed by atoms with Gasteiger partial charge in [-0.25, -0.2) is 4.39 Å². The molecule has 0 aliphatic heterocycles. The molecule has 4 heteroatoms. The summed E-state index contributed by atoms with van der Waals surface area (Å²) in [5.74, 6) is 5.27. The molecule has 0 amide bonds. The maximum absolute atomic E-state index is 13.3. The molecule has 3 N–H and O–H groups in total. The van der Waals surface area contributed by atoms with Crippen LogP contribution in [0.4, 0.5) is 4.39 Å². The zero-order valence-corrected chi connectivity index (χ0v) is 11.1. The fraction of sp³-hybridized carbons (Fsp3) is 0.500. The lowest BCUT2D eigenvalue weighted by Crippen LogP contribution is -2.28. The Labute approximate surface area is 105 Å². The molecule has 0 heterocycles. The van der Waals surface area contributed by atoms with Crippen LogP contribution in [0.15, 0.2) is 22.7 Å². The van der Waals surface area contributed by atoms with Gasteiger partial charge in [-0.05, 0) is 34.0 Å². The molecule has 0 saturated heterocycles. The first kappa shape index (κ1) is 13.6. The molecule has 0 radical (unpaired) electrons. The van der Waals surface area contributed by atoms with Gasteiger partial charge in [-0.2, -0.15) is 0 Å². The van der Waals surface area contributed by atoms with Crippen LogP contribution in [0.1, 0.15) is 44.2 Å². The quantitative estimate of drug-likeness (QED) is 0.476. The molecule has 0 spiro atoms. The summed E-state index contributed by atoms with van der Waals surface area (Å²) in [5, 5.41) is 0. The minimum absolute atomic E-state index is 0.0108. The maximum Gasteiger partial charge on any atom is 0.137 e. The van der Waals surface area contributed by atoms with E-state index < -0.39 is 0 Å². The highest BCUT2D eigenvalue weighted by Gasteiger charge is 2.14. The maximum atomic E-state index is 13.3. The first-order valence-corrected chi connectivity index (χ1v) is 6.40. The fourth-order valence-electron chi connectivity index (χ4n) is 1.72. The predicted octanol–water partition coefficient (Wildman–Crippen LogP) is 3.67. The molecular formula is C12H18BrFN2. The van der Waals surface area contributed by atoms with E-state index in [0.29, 0.717) is 4.47 Å². The second-order valence-corrected chi connectivity index (χ2v) is 4.65. The number of halogens is 2. The molecule has 0 bridgehead atoms. The SMILES string of the molecule is CCCCCC(NN)c1cccc(F)c1Br. The molecule has 2 nitrogen and oxygen atoms in total. The van der Waals surface area contributed by atoms with Gasteiger partial charge in [-0.15, -0.1) is 0 Å². The van der Waals surface area contributed by atoms with Gasteiger partial charge >= 0.3 is 0 Å². The fourth-order valence-corrected chi connectivity index (χ4v) is 2.26. The Morgan fingerprint density at radius 2 is 2.19 bits per heavy atom. The first-order chi connectivity index (χ1) is 7.70. The lowest BCUT2D eigenvalue weighted by molar-refractivity contribution is 0.481. The van der Waals surface area contributed by atoms with Crippen LogP contribution in [0.25, 0.3) is 0 Å². The Morgan fingerprint density at radius 3 is 2.81 bits per heavy atom. The summed E-state index contributed by atoms with van der Waals surface area (Å²) in [4.78, 5) is 0. The summed E-state index contributed by atoms with van der Waals surface area (Å²) in [7, 11) is 0. The molecule has 1 atom stereocenters. The number of rotatable bonds is 6. The van der Waals surface area contributed by atoms with E-state index >= 15 is 0 Å². The largest absolute Gasteiger partial charge is 0.271 e. The number of unbranched alkanes of at least 4 members (excludes halogenated alkanes) is 2. The third kappa shape index (κ3) is 3.54. The lowest BCUT2D eigenvalue weighted by atomic mass is 10.0. The van der Waals surface area contributed by atoms with Crippen molar-refractivity contribution in [3.8, 4) is 0 Å². The Kier molecular flexibility index (Phi) is 5.95. The zero-order chi connectivity index (χ0) is 12.0. The van der Waals surface area contributed by atoms with Crippen LogP contribution in [0.5, 0.6) is 0 Å². The van der Waals surface area contributed by atoms with Crippen molar-refractivity contribution in [2.45, 2.75) is 38.6 Å². The molecule has 0 saturated carbocycles. The normalized spacial score (nSPS) is 12.8. The van der Waals surface area contributed by atoms with Crippen LogP contribution < -0.4 is 11.3 Å². The highest BCUT2D eigenvalue weighted by Crippen LogP contribution is 2.28. The van der Waals surface area contributed by atoms with E-state index in [1.54, 1.807) is 6.07 Å². The molecule has 1 unspecified atom stereocenters. The molecule has 1 aromatic rings. The standard InChI is InChI=1S/C12H18BrFN2/c1-2-3-4-8-11(16-15)9-6-5-7-10(14)12(9)13/h5-7,11,16H,2-4,8,15H2,1H3. The molecule has 0 aliphatic carbocycles. The second kappa shape index (κ2) is 6.99. The van der Waals surface area contributed by atoms with Crippen LogP contribution in [0.2, 0.25) is 0 Å². The third-order valence-corrected chi connectivity index (χ3v) is 3.49. The van der Waals surface area contributed by atoms with Crippen molar-refractivity contribution in [3.05, 3.63) is 34.1 Å². The molecule has 16 heavy (non-hydrogen) atoms. The summed E-state index contributed by atoms with van der Waals surface area (Å²) >= 11 is 3.26. The van der Waals surface area contributed by atoms with Crippen molar-refractivity contribution >= 4 is 15.9 Å². The van der Waals surface area contributed by atoms with Crippen molar-refractivity contribution in [3.63, 3.8) is 0 Å². The van der Waals surface area contributed by atoms with E-state index in [-0.39, 0.29) is 11.9 Å². The van der Waals surface area contributed by atoms with Crippen LogP contribution in [0.3, 0.4) is 0 Å². The summed E-state index contributed by atoms with van der Waals surface area (Å²) < 4.78 is 13.9. The lowest BCUT2D eigenvalue weighted by Gasteiger charge is -2.17. The Morgan fingerprint density at radius 1 is 1.44 bits per heavy atom. The Bertz CT molecular complexity index is 331. The van der Waals surface area contributed by atoms with Gasteiger partial charge in [0.2, 0.25) is 0 Å². The highest BCUT2D eigenvalue weighted by atomic mass is 79.9.